The monoisotopic (exact) mass is 205 g/mol. The molecule has 0 bridgehead atoms. The van der Waals surface area contributed by atoms with Crippen molar-refractivity contribution < 1.29 is 0 Å². The van der Waals surface area contributed by atoms with Crippen molar-refractivity contribution in [3.05, 3.63) is 36.7 Å². The first-order valence-corrected chi connectivity index (χ1v) is 5.47. The van der Waals surface area contributed by atoms with Gasteiger partial charge in [0.1, 0.15) is 0 Å². The maximum absolute atomic E-state index is 5.71. The van der Waals surface area contributed by atoms with Crippen LogP contribution in [0, 0.1) is 0 Å². The molecule has 14 heavy (non-hydrogen) atoms. The van der Waals surface area contributed by atoms with E-state index in [0.717, 1.165) is 5.69 Å². The van der Waals surface area contributed by atoms with Crippen molar-refractivity contribution in [3.63, 3.8) is 0 Å². The number of benzene rings is 1. The molecule has 0 aliphatic rings. The summed E-state index contributed by atoms with van der Waals surface area (Å²) in [5.41, 5.74) is 6.76. The number of nitrogens with two attached hydrogens (primary N) is 1. The minimum Gasteiger partial charge on any atom is -0.369 e. The fourth-order valence-electron chi connectivity index (χ4n) is 1.29. The molecule has 1 heterocycles. The zero-order chi connectivity index (χ0) is 9.97. The summed E-state index contributed by atoms with van der Waals surface area (Å²) in [6, 6.07) is 8.18. The topological polar surface area (TPSA) is 43.8 Å². The van der Waals surface area contributed by atoms with Crippen LogP contribution in [0.5, 0.6) is 0 Å². The Hall–Kier alpha value is -1.42. The van der Waals surface area contributed by atoms with E-state index < -0.39 is 0 Å². The van der Waals surface area contributed by atoms with Crippen LogP contribution in [0.15, 0.2) is 41.6 Å². The minimum absolute atomic E-state index is 0.517. The van der Waals surface area contributed by atoms with E-state index in [1.807, 2.05) is 22.9 Å². The zero-order valence-electron chi connectivity index (χ0n) is 7.84. The number of thioether (sulfide) groups is 1. The van der Waals surface area contributed by atoms with E-state index >= 15 is 0 Å². The summed E-state index contributed by atoms with van der Waals surface area (Å²) in [4.78, 5) is 5.20. The molecule has 0 spiro atoms. The molecule has 0 saturated carbocycles. The number of anilines is 1. The molecule has 0 radical (unpaired) electrons. The first-order valence-electron chi connectivity index (χ1n) is 4.24. The molecule has 3 nitrogen and oxygen atoms in total. The smallest absolute Gasteiger partial charge is 0.204 e. The van der Waals surface area contributed by atoms with Gasteiger partial charge in [-0.2, -0.15) is 0 Å². The number of hydrogen-bond acceptors (Lipinski definition) is 3. The van der Waals surface area contributed by atoms with Crippen molar-refractivity contribution in [2.24, 2.45) is 0 Å². The van der Waals surface area contributed by atoms with Gasteiger partial charge in [-0.3, -0.25) is 4.57 Å². The van der Waals surface area contributed by atoms with Crippen LogP contribution in [0.2, 0.25) is 0 Å². The van der Waals surface area contributed by atoms with Crippen LogP contribution >= 0.6 is 11.8 Å². The van der Waals surface area contributed by atoms with Crippen LogP contribution in [-0.4, -0.2) is 15.8 Å². The van der Waals surface area contributed by atoms with Crippen molar-refractivity contribution in [2.75, 3.05) is 12.0 Å². The third-order valence-electron chi connectivity index (χ3n) is 2.00. The molecule has 0 fully saturated rings. The Bertz CT molecular complexity index is 436. The third-order valence-corrected chi connectivity index (χ3v) is 2.73. The number of aromatic nitrogens is 2. The second kappa shape index (κ2) is 3.75. The predicted octanol–water partition coefficient (Wildman–Crippen LogP) is 2.18. The normalized spacial score (nSPS) is 10.4. The molecule has 0 unspecified atom stereocenters. The highest BCUT2D eigenvalue weighted by Gasteiger charge is 2.00. The maximum Gasteiger partial charge on any atom is 0.204 e. The Balaban J connectivity index is 2.47. The third kappa shape index (κ3) is 1.61. The molecule has 0 atom stereocenters. The average molecular weight is 205 g/mol. The number of hydrogen-bond donors (Lipinski definition) is 1. The molecule has 0 saturated heterocycles. The van der Waals surface area contributed by atoms with Gasteiger partial charge >= 0.3 is 0 Å². The first-order chi connectivity index (χ1) is 6.81. The summed E-state index contributed by atoms with van der Waals surface area (Å²) in [5, 5.41) is 0. The molecule has 2 N–H and O–H groups in total. The summed E-state index contributed by atoms with van der Waals surface area (Å²) in [5.74, 6) is 0.517. The molecule has 72 valence electrons. The summed E-state index contributed by atoms with van der Waals surface area (Å²) in [7, 11) is 0. The van der Waals surface area contributed by atoms with Gasteiger partial charge in [-0.25, -0.2) is 4.98 Å². The van der Waals surface area contributed by atoms with Gasteiger partial charge in [-0.1, -0.05) is 6.07 Å². The molecular formula is C10H11N3S. The second-order valence-corrected chi connectivity index (χ2v) is 3.74. The molecule has 0 amide bonds. The Morgan fingerprint density at radius 3 is 2.93 bits per heavy atom. The fraction of sp³-hybridized carbons (Fsp3) is 0.100. The highest BCUT2D eigenvalue weighted by molar-refractivity contribution is 7.98. The lowest BCUT2D eigenvalue weighted by atomic mass is 10.3. The lowest BCUT2D eigenvalue weighted by Gasteiger charge is -2.05. The SMILES string of the molecule is CSc1cccc(-n2ccnc2N)c1. The highest BCUT2D eigenvalue weighted by atomic mass is 32.2. The van der Waals surface area contributed by atoms with Crippen LogP contribution in [-0.2, 0) is 0 Å². The van der Waals surface area contributed by atoms with E-state index in [1.54, 1.807) is 18.0 Å². The quantitative estimate of drug-likeness (QED) is 0.764. The Morgan fingerprint density at radius 2 is 2.29 bits per heavy atom. The fourth-order valence-corrected chi connectivity index (χ4v) is 1.75. The first kappa shape index (κ1) is 9.15. The van der Waals surface area contributed by atoms with E-state index in [2.05, 4.69) is 23.4 Å². The number of imidazole rings is 1. The van der Waals surface area contributed by atoms with Crippen molar-refractivity contribution in [1.29, 1.82) is 0 Å². The van der Waals surface area contributed by atoms with Crippen LogP contribution in [0.4, 0.5) is 5.95 Å². The summed E-state index contributed by atoms with van der Waals surface area (Å²) >= 11 is 1.71. The van der Waals surface area contributed by atoms with E-state index in [0.29, 0.717) is 5.95 Å². The van der Waals surface area contributed by atoms with Gasteiger partial charge in [0.25, 0.3) is 0 Å². The molecule has 2 aromatic rings. The van der Waals surface area contributed by atoms with E-state index in [-0.39, 0.29) is 0 Å². The van der Waals surface area contributed by atoms with Gasteiger partial charge in [0, 0.05) is 23.0 Å². The summed E-state index contributed by atoms with van der Waals surface area (Å²) in [6.07, 6.45) is 5.60. The van der Waals surface area contributed by atoms with Gasteiger partial charge in [-0.15, -0.1) is 11.8 Å². The largest absolute Gasteiger partial charge is 0.369 e. The maximum atomic E-state index is 5.71. The summed E-state index contributed by atoms with van der Waals surface area (Å²) in [6.45, 7) is 0. The Labute approximate surface area is 87.0 Å². The van der Waals surface area contributed by atoms with Gasteiger partial charge in [-0.05, 0) is 24.5 Å². The van der Waals surface area contributed by atoms with Gasteiger partial charge in [0.15, 0.2) is 0 Å². The lowest BCUT2D eigenvalue weighted by Crippen LogP contribution is -1.99. The highest BCUT2D eigenvalue weighted by Crippen LogP contribution is 2.19. The van der Waals surface area contributed by atoms with Gasteiger partial charge in [0.05, 0.1) is 0 Å². The van der Waals surface area contributed by atoms with Crippen LogP contribution in [0.25, 0.3) is 5.69 Å². The second-order valence-electron chi connectivity index (χ2n) is 2.86. The van der Waals surface area contributed by atoms with Crippen molar-refractivity contribution in [2.45, 2.75) is 4.90 Å². The van der Waals surface area contributed by atoms with Crippen molar-refractivity contribution in [3.8, 4) is 5.69 Å². The molecule has 2 rings (SSSR count). The number of nitrogens with zero attached hydrogens (tertiary/aromatic N) is 2. The van der Waals surface area contributed by atoms with E-state index in [1.165, 1.54) is 4.90 Å². The van der Waals surface area contributed by atoms with Gasteiger partial charge in [0.2, 0.25) is 5.95 Å². The molecule has 1 aromatic heterocycles. The predicted molar refractivity (Wildman–Crippen MR) is 59.8 cm³/mol. The van der Waals surface area contributed by atoms with Gasteiger partial charge < -0.3 is 5.73 Å². The average Bonchev–Trinajstić information content (AvgIpc) is 2.65. The van der Waals surface area contributed by atoms with Crippen molar-refractivity contribution >= 4 is 17.7 Å². The molecule has 0 aliphatic heterocycles. The molecule has 1 aromatic carbocycles. The van der Waals surface area contributed by atoms with Crippen LogP contribution < -0.4 is 5.73 Å². The molecular weight excluding hydrogens is 194 g/mol. The summed E-state index contributed by atoms with van der Waals surface area (Å²) < 4.78 is 1.86. The van der Waals surface area contributed by atoms with Crippen molar-refractivity contribution in [1.82, 2.24) is 9.55 Å². The standard InChI is InChI=1S/C10H11N3S/c1-14-9-4-2-3-8(7-9)13-6-5-12-10(13)11/h2-7H,1H3,(H2,11,12). The number of nitrogen functional groups attached to an aromatic ring is 1. The minimum atomic E-state index is 0.517. The van der Waals surface area contributed by atoms with E-state index in [9.17, 15) is 0 Å². The van der Waals surface area contributed by atoms with Crippen LogP contribution in [0.3, 0.4) is 0 Å². The van der Waals surface area contributed by atoms with E-state index in [4.69, 9.17) is 5.73 Å². The lowest BCUT2D eigenvalue weighted by molar-refractivity contribution is 1.07. The molecule has 0 aliphatic carbocycles. The Kier molecular flexibility index (Phi) is 2.45. The molecule has 4 heteroatoms. The van der Waals surface area contributed by atoms with Crippen LogP contribution in [0.1, 0.15) is 0 Å². The number of rotatable bonds is 2. The Morgan fingerprint density at radius 1 is 1.43 bits per heavy atom. The zero-order valence-corrected chi connectivity index (χ0v) is 8.66.